The van der Waals surface area contributed by atoms with Crippen LogP contribution in [-0.4, -0.2) is 11.1 Å². The molecule has 0 spiro atoms. The summed E-state index contributed by atoms with van der Waals surface area (Å²) in [5.41, 5.74) is 2.92. The van der Waals surface area contributed by atoms with Crippen LogP contribution in [0, 0.1) is 6.92 Å². The quantitative estimate of drug-likeness (QED) is 0.850. The molecular weight excluding hydrogens is 256 g/mol. The second kappa shape index (κ2) is 5.12. The molecule has 0 saturated heterocycles. The topological polar surface area (TPSA) is 37.3 Å². The molecule has 0 fully saturated rings. The van der Waals surface area contributed by atoms with Gasteiger partial charge in [-0.05, 0) is 36.1 Å². The minimum atomic E-state index is -0.897. The average Bonchev–Trinajstić information content (AvgIpc) is 2.19. The number of allylic oxidation sites excluding steroid dienone is 1. The minimum Gasteiger partial charge on any atom is -0.478 e. The fourth-order valence-electron chi connectivity index (χ4n) is 1.47. The highest BCUT2D eigenvalue weighted by Crippen LogP contribution is 2.26. The Kier molecular flexibility index (Phi) is 4.09. The van der Waals surface area contributed by atoms with Gasteiger partial charge in [-0.1, -0.05) is 35.0 Å². The summed E-state index contributed by atoms with van der Waals surface area (Å²) >= 11 is 3.44. The fourth-order valence-corrected chi connectivity index (χ4v) is 1.84. The van der Waals surface area contributed by atoms with Crippen LogP contribution >= 0.6 is 15.9 Å². The molecule has 1 aromatic rings. The van der Waals surface area contributed by atoms with Gasteiger partial charge in [-0.15, -0.1) is 0 Å². The van der Waals surface area contributed by atoms with Crippen LogP contribution in [0.1, 0.15) is 24.5 Å². The molecule has 0 heterocycles. The molecule has 0 amide bonds. The summed E-state index contributed by atoms with van der Waals surface area (Å²) in [5.74, 6) is -0.897. The van der Waals surface area contributed by atoms with Crippen LogP contribution in [0.2, 0.25) is 0 Å². The van der Waals surface area contributed by atoms with Crippen molar-refractivity contribution in [1.82, 2.24) is 0 Å². The Balaban J connectivity index is 3.24. The molecule has 3 heteroatoms. The molecule has 0 bridgehead atoms. The van der Waals surface area contributed by atoms with E-state index in [0.29, 0.717) is 6.42 Å². The van der Waals surface area contributed by atoms with Gasteiger partial charge in [-0.25, -0.2) is 4.79 Å². The number of carbonyl (C=O) groups is 1. The summed E-state index contributed by atoms with van der Waals surface area (Å²) in [6.07, 6.45) is 1.98. The van der Waals surface area contributed by atoms with E-state index >= 15 is 0 Å². The molecule has 1 rings (SSSR count). The van der Waals surface area contributed by atoms with E-state index in [9.17, 15) is 4.79 Å². The van der Waals surface area contributed by atoms with E-state index in [4.69, 9.17) is 5.11 Å². The molecule has 80 valence electrons. The van der Waals surface area contributed by atoms with E-state index in [1.807, 2.05) is 32.0 Å². The average molecular weight is 269 g/mol. The van der Waals surface area contributed by atoms with E-state index in [1.165, 1.54) is 6.08 Å². The first-order valence-electron chi connectivity index (χ1n) is 4.75. The minimum absolute atomic E-state index is 0.712. The summed E-state index contributed by atoms with van der Waals surface area (Å²) < 4.78 is 1.00. The number of benzene rings is 1. The molecule has 0 aliphatic heterocycles. The lowest BCUT2D eigenvalue weighted by atomic mass is 9.98. The predicted molar refractivity (Wildman–Crippen MR) is 64.8 cm³/mol. The number of halogens is 1. The van der Waals surface area contributed by atoms with Crippen LogP contribution in [0.5, 0.6) is 0 Å². The first-order valence-corrected chi connectivity index (χ1v) is 5.54. The second-order valence-corrected chi connectivity index (χ2v) is 4.13. The number of carboxylic acid groups (broad SMARTS) is 1. The highest BCUT2D eigenvalue weighted by molar-refractivity contribution is 9.10. The lowest BCUT2D eigenvalue weighted by Crippen LogP contribution is -1.94. The summed E-state index contributed by atoms with van der Waals surface area (Å²) in [6.45, 7) is 3.93. The van der Waals surface area contributed by atoms with Crippen molar-refractivity contribution >= 4 is 27.5 Å². The van der Waals surface area contributed by atoms with Crippen LogP contribution in [-0.2, 0) is 4.79 Å². The molecule has 0 aliphatic rings. The second-order valence-electron chi connectivity index (χ2n) is 3.27. The number of hydrogen-bond donors (Lipinski definition) is 1. The first kappa shape index (κ1) is 12.0. The lowest BCUT2D eigenvalue weighted by Gasteiger charge is -2.09. The summed E-state index contributed by atoms with van der Waals surface area (Å²) in [5, 5.41) is 8.75. The highest BCUT2D eigenvalue weighted by atomic mass is 79.9. The molecule has 0 unspecified atom stereocenters. The molecule has 1 aromatic carbocycles. The molecule has 0 atom stereocenters. The maximum atomic E-state index is 10.7. The standard InChI is InChI=1S/C12H13BrO2/c1-3-9(7-12(14)15)10-5-4-6-11(13)8(10)2/h4-7H,3H2,1-2H3,(H,14,15)/b9-7+. The summed E-state index contributed by atoms with van der Waals surface area (Å²) in [7, 11) is 0. The van der Waals surface area contributed by atoms with Gasteiger partial charge in [-0.2, -0.15) is 0 Å². The Hall–Kier alpha value is -1.09. The smallest absolute Gasteiger partial charge is 0.328 e. The molecule has 2 nitrogen and oxygen atoms in total. The van der Waals surface area contributed by atoms with Gasteiger partial charge < -0.3 is 5.11 Å². The third kappa shape index (κ3) is 2.93. The first-order chi connectivity index (χ1) is 7.06. The third-order valence-corrected chi connectivity index (χ3v) is 3.15. The largest absolute Gasteiger partial charge is 0.478 e. The predicted octanol–water partition coefficient (Wildman–Crippen LogP) is 3.64. The van der Waals surface area contributed by atoms with Crippen LogP contribution in [0.15, 0.2) is 28.7 Å². The Morgan fingerprint density at radius 3 is 2.73 bits per heavy atom. The number of carboxylic acids is 1. The Morgan fingerprint density at radius 1 is 1.53 bits per heavy atom. The zero-order valence-electron chi connectivity index (χ0n) is 8.75. The van der Waals surface area contributed by atoms with Crippen LogP contribution in [0.4, 0.5) is 0 Å². The van der Waals surface area contributed by atoms with E-state index in [-0.39, 0.29) is 0 Å². The normalized spacial score (nSPS) is 11.5. The number of rotatable bonds is 3. The van der Waals surface area contributed by atoms with Crippen LogP contribution in [0.25, 0.3) is 5.57 Å². The third-order valence-electron chi connectivity index (χ3n) is 2.29. The van der Waals surface area contributed by atoms with Crippen molar-refractivity contribution in [1.29, 1.82) is 0 Å². The maximum Gasteiger partial charge on any atom is 0.328 e. The van der Waals surface area contributed by atoms with Crippen molar-refractivity contribution in [3.05, 3.63) is 39.9 Å². The van der Waals surface area contributed by atoms with Crippen molar-refractivity contribution in [3.63, 3.8) is 0 Å². The number of hydrogen-bond acceptors (Lipinski definition) is 1. The monoisotopic (exact) mass is 268 g/mol. The fraction of sp³-hybridized carbons (Fsp3) is 0.250. The summed E-state index contributed by atoms with van der Waals surface area (Å²) in [6, 6.07) is 5.81. The molecular formula is C12H13BrO2. The zero-order valence-corrected chi connectivity index (χ0v) is 10.3. The summed E-state index contributed by atoms with van der Waals surface area (Å²) in [4.78, 5) is 10.7. The van der Waals surface area contributed by atoms with Crippen molar-refractivity contribution in [2.24, 2.45) is 0 Å². The van der Waals surface area contributed by atoms with Crippen LogP contribution < -0.4 is 0 Å². The van der Waals surface area contributed by atoms with Gasteiger partial charge in [0, 0.05) is 10.5 Å². The Labute approximate surface area is 97.8 Å². The van der Waals surface area contributed by atoms with Gasteiger partial charge in [0.15, 0.2) is 0 Å². The van der Waals surface area contributed by atoms with E-state index in [0.717, 1.165) is 21.2 Å². The lowest BCUT2D eigenvalue weighted by molar-refractivity contribution is -0.131. The number of aliphatic carboxylic acids is 1. The van der Waals surface area contributed by atoms with Crippen molar-refractivity contribution in [2.45, 2.75) is 20.3 Å². The van der Waals surface area contributed by atoms with Crippen LogP contribution in [0.3, 0.4) is 0 Å². The van der Waals surface area contributed by atoms with E-state index in [2.05, 4.69) is 15.9 Å². The molecule has 0 aliphatic carbocycles. The maximum absolute atomic E-state index is 10.7. The van der Waals surface area contributed by atoms with Crippen molar-refractivity contribution in [2.75, 3.05) is 0 Å². The Morgan fingerprint density at radius 2 is 2.20 bits per heavy atom. The van der Waals surface area contributed by atoms with Gasteiger partial charge in [0.1, 0.15) is 0 Å². The van der Waals surface area contributed by atoms with E-state index in [1.54, 1.807) is 0 Å². The Bertz CT molecular complexity index is 408. The van der Waals surface area contributed by atoms with E-state index < -0.39 is 5.97 Å². The van der Waals surface area contributed by atoms with Gasteiger partial charge in [-0.3, -0.25) is 0 Å². The zero-order chi connectivity index (χ0) is 11.4. The molecule has 1 N–H and O–H groups in total. The van der Waals surface area contributed by atoms with Crippen molar-refractivity contribution < 1.29 is 9.90 Å². The van der Waals surface area contributed by atoms with Gasteiger partial charge in [0.05, 0.1) is 0 Å². The van der Waals surface area contributed by atoms with Gasteiger partial charge in [0.2, 0.25) is 0 Å². The van der Waals surface area contributed by atoms with Gasteiger partial charge >= 0.3 is 5.97 Å². The highest BCUT2D eigenvalue weighted by Gasteiger charge is 2.07. The van der Waals surface area contributed by atoms with Crippen molar-refractivity contribution in [3.8, 4) is 0 Å². The SMILES string of the molecule is CC/C(=C\C(=O)O)c1cccc(Br)c1C. The molecule has 0 radical (unpaired) electrons. The van der Waals surface area contributed by atoms with Gasteiger partial charge in [0.25, 0.3) is 0 Å². The molecule has 0 aromatic heterocycles. The molecule has 15 heavy (non-hydrogen) atoms. The molecule has 0 saturated carbocycles.